The molecule has 2 unspecified atom stereocenters. The van der Waals surface area contributed by atoms with E-state index < -0.39 is 0 Å². The topological polar surface area (TPSA) is 92.1 Å². The molecule has 1 aliphatic heterocycles. The number of ether oxygens (including phenoxy) is 1. The maximum atomic E-state index is 12.7. The molecule has 0 bridgehead atoms. The normalized spacial score (nSPS) is 20.9. The SMILES string of the molecule is COc1ccc(NC(=O)C2CC2C(=O)N2CCN(C(=O)c3ccco3)CC2)cc1. The fourth-order valence-electron chi connectivity index (χ4n) is 3.59. The van der Waals surface area contributed by atoms with Crippen LogP contribution in [0.25, 0.3) is 0 Å². The van der Waals surface area contributed by atoms with Gasteiger partial charge in [-0.3, -0.25) is 14.4 Å². The van der Waals surface area contributed by atoms with Crippen molar-refractivity contribution >= 4 is 23.4 Å². The van der Waals surface area contributed by atoms with Crippen LogP contribution in [-0.2, 0) is 9.59 Å². The summed E-state index contributed by atoms with van der Waals surface area (Å²) in [4.78, 5) is 40.9. The summed E-state index contributed by atoms with van der Waals surface area (Å²) in [6.07, 6.45) is 2.03. The lowest BCUT2D eigenvalue weighted by molar-refractivity contribution is -0.135. The van der Waals surface area contributed by atoms with E-state index in [1.54, 1.807) is 53.3 Å². The average Bonchev–Trinajstić information content (AvgIpc) is 3.38. The number of piperazine rings is 1. The quantitative estimate of drug-likeness (QED) is 0.831. The third-order valence-corrected chi connectivity index (χ3v) is 5.41. The van der Waals surface area contributed by atoms with Crippen LogP contribution in [0.4, 0.5) is 5.69 Å². The fraction of sp³-hybridized carbons (Fsp3) is 0.381. The standard InChI is InChI=1S/C21H23N3O5/c1-28-15-6-4-14(5-7-15)22-19(25)16-13-17(16)20(26)23-8-10-24(11-9-23)21(27)18-3-2-12-29-18/h2-7,12,16-17H,8-11,13H2,1H3,(H,22,25). The molecule has 0 spiro atoms. The molecule has 0 radical (unpaired) electrons. The molecule has 3 amide bonds. The van der Waals surface area contributed by atoms with Crippen molar-refractivity contribution in [2.75, 3.05) is 38.6 Å². The van der Waals surface area contributed by atoms with Gasteiger partial charge >= 0.3 is 0 Å². The van der Waals surface area contributed by atoms with Crippen LogP contribution in [0.5, 0.6) is 5.75 Å². The molecule has 8 nitrogen and oxygen atoms in total. The highest BCUT2D eigenvalue weighted by molar-refractivity contribution is 5.99. The molecule has 2 aliphatic rings. The molecular weight excluding hydrogens is 374 g/mol. The van der Waals surface area contributed by atoms with Gasteiger partial charge in [-0.05, 0) is 42.8 Å². The van der Waals surface area contributed by atoms with Crippen molar-refractivity contribution in [3.63, 3.8) is 0 Å². The van der Waals surface area contributed by atoms with E-state index in [2.05, 4.69) is 5.32 Å². The van der Waals surface area contributed by atoms with Gasteiger partial charge in [0.15, 0.2) is 5.76 Å². The van der Waals surface area contributed by atoms with Crippen LogP contribution in [-0.4, -0.2) is 60.8 Å². The monoisotopic (exact) mass is 397 g/mol. The third kappa shape index (κ3) is 4.11. The number of carbonyl (C=O) groups excluding carboxylic acids is 3. The van der Waals surface area contributed by atoms with Crippen molar-refractivity contribution in [3.05, 3.63) is 48.4 Å². The molecule has 8 heteroatoms. The van der Waals surface area contributed by atoms with Crippen molar-refractivity contribution in [1.29, 1.82) is 0 Å². The number of carbonyl (C=O) groups is 3. The maximum Gasteiger partial charge on any atom is 0.289 e. The van der Waals surface area contributed by atoms with E-state index in [1.165, 1.54) is 6.26 Å². The largest absolute Gasteiger partial charge is 0.497 e. The molecule has 152 valence electrons. The van der Waals surface area contributed by atoms with Crippen LogP contribution in [0.15, 0.2) is 47.1 Å². The molecule has 29 heavy (non-hydrogen) atoms. The minimum absolute atomic E-state index is 0.00928. The summed E-state index contributed by atoms with van der Waals surface area (Å²) in [7, 11) is 1.58. The first kappa shape index (κ1) is 19.0. The number of hydrogen-bond donors (Lipinski definition) is 1. The third-order valence-electron chi connectivity index (χ3n) is 5.41. The molecule has 1 aliphatic carbocycles. The van der Waals surface area contributed by atoms with Crippen LogP contribution < -0.4 is 10.1 Å². The van der Waals surface area contributed by atoms with Gasteiger partial charge in [0.05, 0.1) is 25.2 Å². The predicted molar refractivity (Wildman–Crippen MR) is 104 cm³/mol. The molecule has 1 aromatic heterocycles. The molecule has 2 fully saturated rings. The van der Waals surface area contributed by atoms with Gasteiger partial charge in [0.1, 0.15) is 5.75 Å². The van der Waals surface area contributed by atoms with Gasteiger partial charge in [-0.25, -0.2) is 0 Å². The zero-order valence-corrected chi connectivity index (χ0v) is 16.2. The van der Waals surface area contributed by atoms with E-state index >= 15 is 0 Å². The Kier molecular flexibility index (Phi) is 5.24. The minimum Gasteiger partial charge on any atom is -0.497 e. The van der Waals surface area contributed by atoms with Gasteiger partial charge in [-0.2, -0.15) is 0 Å². The van der Waals surface area contributed by atoms with Crippen molar-refractivity contribution in [1.82, 2.24) is 9.80 Å². The minimum atomic E-state index is -0.299. The summed E-state index contributed by atoms with van der Waals surface area (Å²) < 4.78 is 10.3. The molecule has 2 atom stereocenters. The number of furan rings is 1. The van der Waals surface area contributed by atoms with Crippen molar-refractivity contribution < 1.29 is 23.5 Å². The summed E-state index contributed by atoms with van der Waals surface area (Å²) in [5.74, 6) is 0.137. The fourth-order valence-corrected chi connectivity index (χ4v) is 3.59. The van der Waals surface area contributed by atoms with Gasteiger partial charge in [-0.1, -0.05) is 0 Å². The smallest absolute Gasteiger partial charge is 0.289 e. The van der Waals surface area contributed by atoms with Gasteiger partial charge < -0.3 is 24.3 Å². The molecule has 1 saturated heterocycles. The van der Waals surface area contributed by atoms with E-state index in [0.29, 0.717) is 49.8 Å². The van der Waals surface area contributed by atoms with Crippen LogP contribution in [0.3, 0.4) is 0 Å². The Hall–Kier alpha value is -3.29. The molecule has 2 heterocycles. The summed E-state index contributed by atoms with van der Waals surface area (Å²) >= 11 is 0. The summed E-state index contributed by atoms with van der Waals surface area (Å²) in [6, 6.07) is 10.4. The Morgan fingerprint density at radius 2 is 1.69 bits per heavy atom. The lowest BCUT2D eigenvalue weighted by atomic mass is 10.2. The zero-order chi connectivity index (χ0) is 20.4. The zero-order valence-electron chi connectivity index (χ0n) is 16.2. The second-order valence-electron chi connectivity index (χ2n) is 7.26. The lowest BCUT2D eigenvalue weighted by Crippen LogP contribution is -2.51. The highest BCUT2D eigenvalue weighted by Crippen LogP contribution is 2.41. The number of hydrogen-bond acceptors (Lipinski definition) is 5. The van der Waals surface area contributed by atoms with Gasteiger partial charge in [0.25, 0.3) is 5.91 Å². The van der Waals surface area contributed by atoms with E-state index in [4.69, 9.17) is 9.15 Å². The molecule has 2 aromatic rings. The number of rotatable bonds is 5. The van der Waals surface area contributed by atoms with E-state index in [0.717, 1.165) is 0 Å². The second kappa shape index (κ2) is 7.98. The molecule has 1 aromatic carbocycles. The Morgan fingerprint density at radius 1 is 1.00 bits per heavy atom. The van der Waals surface area contributed by atoms with Crippen molar-refractivity contribution in [3.8, 4) is 5.75 Å². The Labute approximate surface area is 168 Å². The summed E-state index contributed by atoms with van der Waals surface area (Å²) in [5.41, 5.74) is 0.680. The van der Waals surface area contributed by atoms with Crippen LogP contribution in [0.1, 0.15) is 17.0 Å². The first-order valence-electron chi connectivity index (χ1n) is 9.63. The number of amides is 3. The average molecular weight is 397 g/mol. The van der Waals surface area contributed by atoms with Gasteiger partial charge in [0.2, 0.25) is 11.8 Å². The van der Waals surface area contributed by atoms with E-state index in [-0.39, 0.29) is 29.6 Å². The Balaban J connectivity index is 1.26. The number of benzene rings is 1. The number of methoxy groups -OCH3 is 1. The van der Waals surface area contributed by atoms with Gasteiger partial charge in [0, 0.05) is 31.9 Å². The molecular formula is C21H23N3O5. The summed E-state index contributed by atoms with van der Waals surface area (Å²) in [6.45, 7) is 1.85. The highest BCUT2D eigenvalue weighted by atomic mass is 16.5. The van der Waals surface area contributed by atoms with Gasteiger partial charge in [-0.15, -0.1) is 0 Å². The number of anilines is 1. The Morgan fingerprint density at radius 3 is 2.31 bits per heavy atom. The summed E-state index contributed by atoms with van der Waals surface area (Å²) in [5, 5.41) is 2.85. The van der Waals surface area contributed by atoms with Crippen molar-refractivity contribution in [2.24, 2.45) is 11.8 Å². The molecule has 1 N–H and O–H groups in total. The lowest BCUT2D eigenvalue weighted by Gasteiger charge is -2.34. The first-order valence-corrected chi connectivity index (χ1v) is 9.63. The molecule has 1 saturated carbocycles. The molecule has 4 rings (SSSR count). The van der Waals surface area contributed by atoms with Crippen LogP contribution >= 0.6 is 0 Å². The van der Waals surface area contributed by atoms with E-state index in [1.807, 2.05) is 0 Å². The number of nitrogens with zero attached hydrogens (tertiary/aromatic N) is 2. The maximum absolute atomic E-state index is 12.7. The van der Waals surface area contributed by atoms with Crippen LogP contribution in [0.2, 0.25) is 0 Å². The highest BCUT2D eigenvalue weighted by Gasteiger charge is 2.49. The van der Waals surface area contributed by atoms with Crippen molar-refractivity contribution in [2.45, 2.75) is 6.42 Å². The van der Waals surface area contributed by atoms with E-state index in [9.17, 15) is 14.4 Å². The van der Waals surface area contributed by atoms with Crippen LogP contribution in [0, 0.1) is 11.8 Å². The first-order chi connectivity index (χ1) is 14.1. The predicted octanol–water partition coefficient (Wildman–Crippen LogP) is 1.85. The number of nitrogens with one attached hydrogen (secondary N) is 1. The Bertz CT molecular complexity index is 886. The second-order valence-corrected chi connectivity index (χ2v) is 7.26.